The number of pyridine rings is 1. The summed E-state index contributed by atoms with van der Waals surface area (Å²) in [5.41, 5.74) is 1.09. The summed E-state index contributed by atoms with van der Waals surface area (Å²) >= 11 is 6.47. The molecule has 11 heteroatoms. The fourth-order valence-corrected chi connectivity index (χ4v) is 5.69. The maximum Gasteiger partial charge on any atom is 0.301 e. The smallest absolute Gasteiger partial charge is 0.301 e. The molecule has 1 saturated heterocycles. The number of nitrogens with zero attached hydrogens (tertiary/aromatic N) is 4. The number of aromatic nitrogens is 3. The van der Waals surface area contributed by atoms with E-state index in [2.05, 4.69) is 27.4 Å². The second-order valence-corrected chi connectivity index (χ2v) is 11.3. The highest BCUT2D eigenvalue weighted by Gasteiger charge is 2.51. The number of hydrogen-bond acceptors (Lipinski definition) is 7. The van der Waals surface area contributed by atoms with Gasteiger partial charge in [0, 0.05) is 31.2 Å². The normalized spacial score (nSPS) is 23.1. The summed E-state index contributed by atoms with van der Waals surface area (Å²) in [6.07, 6.45) is 6.50. The molecule has 3 aromatic rings. The van der Waals surface area contributed by atoms with Gasteiger partial charge in [0.2, 0.25) is 11.7 Å². The summed E-state index contributed by atoms with van der Waals surface area (Å²) in [6, 6.07) is 4.31. The van der Waals surface area contributed by atoms with E-state index in [1.165, 1.54) is 17.4 Å². The predicted octanol–water partition coefficient (Wildman–Crippen LogP) is 5.57. The molecule has 1 unspecified atom stereocenters. The van der Waals surface area contributed by atoms with Gasteiger partial charge < -0.3 is 24.8 Å². The zero-order chi connectivity index (χ0) is 26.6. The number of benzene rings is 1. The van der Waals surface area contributed by atoms with Crippen LogP contribution in [0.15, 0.2) is 29.2 Å². The summed E-state index contributed by atoms with van der Waals surface area (Å²) in [4.78, 5) is 24.4. The Morgan fingerprint density at radius 3 is 2.84 bits per heavy atom. The molecule has 2 N–H and O–H groups in total. The molecule has 1 aliphatic carbocycles. The minimum atomic E-state index is -3.09. The van der Waals surface area contributed by atoms with Gasteiger partial charge in [0.1, 0.15) is 5.02 Å². The van der Waals surface area contributed by atoms with Gasteiger partial charge >= 0.3 is 5.92 Å². The van der Waals surface area contributed by atoms with Gasteiger partial charge in [-0.1, -0.05) is 24.9 Å². The molecule has 0 spiro atoms. The lowest BCUT2D eigenvalue weighted by Gasteiger charge is -2.25. The average Bonchev–Trinajstić information content (AvgIpc) is 3.74. The van der Waals surface area contributed by atoms with Gasteiger partial charge in [-0.25, -0.2) is 13.8 Å². The van der Waals surface area contributed by atoms with Crippen molar-refractivity contribution in [3.63, 3.8) is 0 Å². The lowest BCUT2D eigenvalue weighted by molar-refractivity contribution is -0.0579. The van der Waals surface area contributed by atoms with E-state index in [0.29, 0.717) is 45.0 Å². The van der Waals surface area contributed by atoms with Crippen LogP contribution in [0.2, 0.25) is 5.02 Å². The Morgan fingerprint density at radius 1 is 1.24 bits per heavy atom. The van der Waals surface area contributed by atoms with E-state index in [9.17, 15) is 13.6 Å². The van der Waals surface area contributed by atoms with E-state index in [0.717, 1.165) is 32.4 Å². The first-order valence-corrected chi connectivity index (χ1v) is 13.6. The summed E-state index contributed by atoms with van der Waals surface area (Å²) in [5.74, 6) is -1.71. The lowest BCUT2D eigenvalue weighted by atomic mass is 10.0. The Balaban J connectivity index is 1.38. The van der Waals surface area contributed by atoms with Gasteiger partial charge in [0.25, 0.3) is 5.56 Å². The standard InChI is InChI=1S/C27H31ClF2N6O2/c1-15-5-3-4-10-36(13-15)26-31-12-19(28)24(34-26)32-17-8-9-20-18(11-17)21-22(25(37)35(20)2)38-14-27(29,30)23(33-21)16-6-7-16/h8-9,11-12,15-16,23,33H,3-7,10,13-14H2,1-2H3,(H,31,32,34)/t15?,23-/m0/s1. The third-order valence-corrected chi connectivity index (χ3v) is 8.07. The molecule has 2 aliphatic heterocycles. The van der Waals surface area contributed by atoms with Crippen molar-refractivity contribution in [3.8, 4) is 5.75 Å². The quantitative estimate of drug-likeness (QED) is 0.444. The maximum atomic E-state index is 14.9. The number of ether oxygens (including phenoxy) is 1. The van der Waals surface area contributed by atoms with Gasteiger partial charge in [0.05, 0.1) is 23.4 Å². The first-order chi connectivity index (χ1) is 18.2. The van der Waals surface area contributed by atoms with Crippen LogP contribution < -0.4 is 25.8 Å². The van der Waals surface area contributed by atoms with Crippen molar-refractivity contribution in [2.45, 2.75) is 51.0 Å². The highest BCUT2D eigenvalue weighted by atomic mass is 35.5. The Bertz CT molecular complexity index is 1440. The zero-order valence-electron chi connectivity index (χ0n) is 21.4. The molecule has 0 radical (unpaired) electrons. The summed E-state index contributed by atoms with van der Waals surface area (Å²) in [5, 5.41) is 7.25. The van der Waals surface area contributed by atoms with E-state index < -0.39 is 24.1 Å². The fourth-order valence-electron chi connectivity index (χ4n) is 5.56. The third-order valence-electron chi connectivity index (χ3n) is 7.79. The molecule has 8 nitrogen and oxygen atoms in total. The predicted molar refractivity (Wildman–Crippen MR) is 145 cm³/mol. The number of fused-ring (bicyclic) bond motifs is 3. The SMILES string of the molecule is CC1CCCCN(c2ncc(Cl)c(Nc3ccc4c(c3)c3c(c(=O)n4C)OCC(F)(F)[C@H](C4CC4)N3)n2)C1. The molecule has 38 heavy (non-hydrogen) atoms. The molecule has 1 saturated carbocycles. The molecule has 2 aromatic heterocycles. The minimum Gasteiger partial charge on any atom is -0.480 e. The summed E-state index contributed by atoms with van der Waals surface area (Å²) < 4.78 is 36.7. The number of nitrogens with one attached hydrogen (secondary N) is 2. The van der Waals surface area contributed by atoms with E-state index in [-0.39, 0.29) is 11.7 Å². The van der Waals surface area contributed by atoms with Crippen LogP contribution in [0.5, 0.6) is 5.75 Å². The largest absolute Gasteiger partial charge is 0.480 e. The molecular weight excluding hydrogens is 514 g/mol. The van der Waals surface area contributed by atoms with Crippen LogP contribution in [0.3, 0.4) is 0 Å². The molecule has 4 heterocycles. The number of alkyl halides is 2. The number of halogens is 3. The summed E-state index contributed by atoms with van der Waals surface area (Å²) in [6.45, 7) is 3.18. The van der Waals surface area contributed by atoms with E-state index in [1.807, 2.05) is 12.1 Å². The van der Waals surface area contributed by atoms with Gasteiger partial charge in [-0.05, 0) is 55.7 Å². The number of anilines is 4. The van der Waals surface area contributed by atoms with Crippen molar-refractivity contribution in [1.82, 2.24) is 14.5 Å². The van der Waals surface area contributed by atoms with Crippen LogP contribution in [0.1, 0.15) is 39.0 Å². The van der Waals surface area contributed by atoms with Crippen molar-refractivity contribution in [2.24, 2.45) is 18.9 Å². The minimum absolute atomic E-state index is 0.0855. The maximum absolute atomic E-state index is 14.9. The molecule has 0 bridgehead atoms. The second-order valence-electron chi connectivity index (χ2n) is 10.8. The Hall–Kier alpha value is -3.14. The highest BCUT2D eigenvalue weighted by molar-refractivity contribution is 6.32. The molecule has 2 atom stereocenters. The van der Waals surface area contributed by atoms with Gasteiger partial charge in [-0.2, -0.15) is 4.98 Å². The number of aryl methyl sites for hydroxylation is 1. The molecule has 202 valence electrons. The summed E-state index contributed by atoms with van der Waals surface area (Å²) in [7, 11) is 1.61. The fraction of sp³-hybridized carbons (Fsp3) is 0.519. The van der Waals surface area contributed by atoms with Gasteiger partial charge in [0.15, 0.2) is 12.4 Å². The average molecular weight is 545 g/mol. The molecule has 1 aromatic carbocycles. The number of hydrogen-bond donors (Lipinski definition) is 2. The van der Waals surface area contributed by atoms with Crippen LogP contribution in [0.25, 0.3) is 10.9 Å². The van der Waals surface area contributed by atoms with Crippen LogP contribution >= 0.6 is 11.6 Å². The Labute approximate surface area is 224 Å². The molecule has 0 amide bonds. The van der Waals surface area contributed by atoms with Crippen molar-refractivity contribution in [3.05, 3.63) is 39.8 Å². The topological polar surface area (TPSA) is 84.3 Å². The Kier molecular flexibility index (Phi) is 6.32. The van der Waals surface area contributed by atoms with E-state index in [4.69, 9.17) is 21.3 Å². The van der Waals surface area contributed by atoms with E-state index in [1.54, 1.807) is 19.3 Å². The van der Waals surface area contributed by atoms with Crippen molar-refractivity contribution in [2.75, 3.05) is 35.2 Å². The second kappa shape index (κ2) is 9.55. The Morgan fingerprint density at radius 2 is 2.05 bits per heavy atom. The van der Waals surface area contributed by atoms with Crippen molar-refractivity contribution in [1.29, 1.82) is 0 Å². The van der Waals surface area contributed by atoms with Crippen molar-refractivity contribution < 1.29 is 13.5 Å². The third kappa shape index (κ3) is 4.63. The molecular formula is C27H31ClF2N6O2. The van der Waals surface area contributed by atoms with Crippen LogP contribution in [0.4, 0.5) is 31.9 Å². The number of rotatable bonds is 4. The van der Waals surface area contributed by atoms with Crippen LogP contribution in [0, 0.1) is 11.8 Å². The first-order valence-electron chi connectivity index (χ1n) is 13.2. The lowest BCUT2D eigenvalue weighted by Crippen LogP contribution is -2.44. The zero-order valence-corrected chi connectivity index (χ0v) is 22.2. The van der Waals surface area contributed by atoms with Crippen molar-refractivity contribution >= 4 is 45.6 Å². The molecule has 3 aliphatic rings. The van der Waals surface area contributed by atoms with Gasteiger partial charge in [-0.15, -0.1) is 0 Å². The van der Waals surface area contributed by atoms with E-state index >= 15 is 0 Å². The molecule has 6 rings (SSSR count). The van der Waals surface area contributed by atoms with Crippen LogP contribution in [-0.2, 0) is 7.05 Å². The highest BCUT2D eigenvalue weighted by Crippen LogP contribution is 2.45. The first kappa shape index (κ1) is 25.2. The van der Waals surface area contributed by atoms with Crippen LogP contribution in [-0.4, -0.2) is 46.2 Å². The van der Waals surface area contributed by atoms with Gasteiger partial charge in [-0.3, -0.25) is 4.79 Å². The monoisotopic (exact) mass is 544 g/mol. The molecule has 2 fully saturated rings.